The molecule has 1 amide bonds. The predicted molar refractivity (Wildman–Crippen MR) is 104 cm³/mol. The Hall–Kier alpha value is -2.31. The molecular formula is C22H24N2O4. The van der Waals surface area contributed by atoms with E-state index in [4.69, 9.17) is 4.74 Å². The fraction of sp³-hybridized carbons (Fsp3) is 0.500. The number of rotatable bonds is 2. The summed E-state index contributed by atoms with van der Waals surface area (Å²) in [6, 6.07) is 3.66. The van der Waals surface area contributed by atoms with E-state index in [1.807, 2.05) is 23.1 Å². The molecule has 0 aromatic heterocycles. The highest BCUT2D eigenvalue weighted by molar-refractivity contribution is 6.00. The quantitative estimate of drug-likeness (QED) is 0.767. The SMILES string of the molecule is COc1cc2c(cc1O)C1C3C(=CCC(=O)N23)C2CC13CCN3CC2=CCO. The van der Waals surface area contributed by atoms with Gasteiger partial charge in [-0.2, -0.15) is 0 Å². The second kappa shape index (κ2) is 5.39. The third-order valence-corrected chi connectivity index (χ3v) is 7.80. The van der Waals surface area contributed by atoms with Crippen molar-refractivity contribution in [2.45, 2.75) is 36.8 Å². The van der Waals surface area contributed by atoms with E-state index in [1.165, 1.54) is 18.3 Å². The Labute approximate surface area is 163 Å². The smallest absolute Gasteiger partial charge is 0.231 e. The largest absolute Gasteiger partial charge is 0.504 e. The first-order valence-electron chi connectivity index (χ1n) is 10.1. The van der Waals surface area contributed by atoms with Gasteiger partial charge in [-0.25, -0.2) is 0 Å². The average molecular weight is 380 g/mol. The maximum atomic E-state index is 13.0. The van der Waals surface area contributed by atoms with Crippen LogP contribution in [0.1, 0.15) is 30.7 Å². The Balaban J connectivity index is 1.59. The number of carbonyl (C=O) groups is 1. The molecule has 4 aliphatic heterocycles. The van der Waals surface area contributed by atoms with Gasteiger partial charge < -0.3 is 19.8 Å². The van der Waals surface area contributed by atoms with Gasteiger partial charge in [-0.15, -0.1) is 0 Å². The minimum atomic E-state index is 0.00620. The van der Waals surface area contributed by atoms with Crippen LogP contribution in [0.4, 0.5) is 5.69 Å². The number of methoxy groups -OCH3 is 1. The zero-order valence-electron chi connectivity index (χ0n) is 15.9. The van der Waals surface area contributed by atoms with Crippen molar-refractivity contribution in [3.63, 3.8) is 0 Å². The van der Waals surface area contributed by atoms with Crippen molar-refractivity contribution in [1.29, 1.82) is 0 Å². The first kappa shape index (κ1) is 16.6. The molecule has 1 spiro atoms. The number of fused-ring (bicyclic) bond motifs is 5. The van der Waals surface area contributed by atoms with Gasteiger partial charge >= 0.3 is 0 Å². The normalized spacial score (nSPS) is 36.4. The van der Waals surface area contributed by atoms with Gasteiger partial charge in [0.2, 0.25) is 5.91 Å². The van der Waals surface area contributed by atoms with E-state index in [0.717, 1.165) is 37.2 Å². The highest BCUT2D eigenvalue weighted by Crippen LogP contribution is 2.65. The van der Waals surface area contributed by atoms with Gasteiger partial charge in [0.1, 0.15) is 0 Å². The molecule has 4 atom stereocenters. The molecule has 6 rings (SSSR count). The molecule has 3 fully saturated rings. The lowest BCUT2D eigenvalue weighted by Gasteiger charge is -2.66. The summed E-state index contributed by atoms with van der Waals surface area (Å²) in [5.74, 6) is 1.13. The van der Waals surface area contributed by atoms with E-state index in [1.54, 1.807) is 0 Å². The van der Waals surface area contributed by atoms with Crippen LogP contribution in [0.3, 0.4) is 0 Å². The van der Waals surface area contributed by atoms with Crippen molar-refractivity contribution in [2.75, 3.05) is 31.7 Å². The topological polar surface area (TPSA) is 73.2 Å². The zero-order chi connectivity index (χ0) is 19.2. The van der Waals surface area contributed by atoms with Crippen molar-refractivity contribution in [2.24, 2.45) is 5.92 Å². The molecule has 2 saturated heterocycles. The lowest BCUT2D eigenvalue weighted by Crippen LogP contribution is -2.72. The van der Waals surface area contributed by atoms with Crippen LogP contribution in [0.5, 0.6) is 11.5 Å². The van der Waals surface area contributed by atoms with Gasteiger partial charge in [0.05, 0.1) is 25.4 Å². The van der Waals surface area contributed by atoms with Crippen molar-refractivity contribution in [3.05, 3.63) is 41.0 Å². The van der Waals surface area contributed by atoms with E-state index < -0.39 is 0 Å². The maximum Gasteiger partial charge on any atom is 0.231 e. The van der Waals surface area contributed by atoms with Crippen LogP contribution in [0.15, 0.2) is 35.4 Å². The molecule has 0 radical (unpaired) electrons. The summed E-state index contributed by atoms with van der Waals surface area (Å²) in [7, 11) is 1.54. The molecule has 4 unspecified atom stereocenters. The van der Waals surface area contributed by atoms with Gasteiger partial charge in [0.25, 0.3) is 0 Å². The van der Waals surface area contributed by atoms with Crippen molar-refractivity contribution < 1.29 is 19.7 Å². The van der Waals surface area contributed by atoms with Gasteiger partial charge in [-0.05, 0) is 30.0 Å². The molecule has 2 bridgehead atoms. The molecule has 28 heavy (non-hydrogen) atoms. The summed E-state index contributed by atoms with van der Waals surface area (Å²) in [5.41, 5.74) is 4.59. The van der Waals surface area contributed by atoms with Crippen molar-refractivity contribution in [3.8, 4) is 11.5 Å². The Morgan fingerprint density at radius 3 is 2.96 bits per heavy atom. The van der Waals surface area contributed by atoms with Crippen LogP contribution >= 0.6 is 0 Å². The Bertz CT molecular complexity index is 968. The lowest BCUT2D eigenvalue weighted by atomic mass is 9.53. The summed E-state index contributed by atoms with van der Waals surface area (Å²) in [4.78, 5) is 17.5. The van der Waals surface area contributed by atoms with E-state index >= 15 is 0 Å². The van der Waals surface area contributed by atoms with Gasteiger partial charge in [-0.1, -0.05) is 17.7 Å². The number of anilines is 1. The van der Waals surface area contributed by atoms with E-state index in [-0.39, 0.29) is 35.8 Å². The number of aliphatic hydroxyl groups excluding tert-OH is 1. The van der Waals surface area contributed by atoms with Crippen LogP contribution in [-0.2, 0) is 4.79 Å². The van der Waals surface area contributed by atoms with Crippen LogP contribution in [0.2, 0.25) is 0 Å². The number of hydrogen-bond donors (Lipinski definition) is 2. The number of phenols is 1. The lowest BCUT2D eigenvalue weighted by molar-refractivity contribution is -0.120. The second-order valence-corrected chi connectivity index (χ2v) is 8.67. The third kappa shape index (κ3) is 1.78. The number of amides is 1. The number of hydrogen-bond acceptors (Lipinski definition) is 5. The van der Waals surface area contributed by atoms with Gasteiger partial charge in [0, 0.05) is 43.0 Å². The predicted octanol–water partition coefficient (Wildman–Crippen LogP) is 1.93. The zero-order valence-corrected chi connectivity index (χ0v) is 15.9. The number of aromatic hydroxyl groups is 1. The molecule has 6 nitrogen and oxygen atoms in total. The van der Waals surface area contributed by atoms with E-state index in [2.05, 4.69) is 11.0 Å². The first-order chi connectivity index (χ1) is 13.6. The minimum Gasteiger partial charge on any atom is -0.504 e. The molecule has 1 aromatic carbocycles. The molecular weight excluding hydrogens is 356 g/mol. The fourth-order valence-corrected chi connectivity index (χ4v) is 6.63. The monoisotopic (exact) mass is 380 g/mol. The summed E-state index contributed by atoms with van der Waals surface area (Å²) < 4.78 is 5.34. The molecule has 4 heterocycles. The molecule has 1 saturated carbocycles. The molecule has 1 aliphatic carbocycles. The number of aliphatic hydroxyl groups is 1. The number of nitrogens with zero attached hydrogens (tertiary/aromatic N) is 2. The third-order valence-electron chi connectivity index (χ3n) is 7.80. The number of carbonyl (C=O) groups excluding carboxylic acids is 1. The molecule has 146 valence electrons. The maximum absolute atomic E-state index is 13.0. The Morgan fingerprint density at radius 2 is 2.25 bits per heavy atom. The van der Waals surface area contributed by atoms with Crippen LogP contribution in [-0.4, -0.2) is 59.4 Å². The summed E-state index contributed by atoms with van der Waals surface area (Å²) in [5, 5.41) is 20.0. The number of phenolic OH excluding ortho intramolecular Hbond substituents is 1. The molecule has 6 heteroatoms. The van der Waals surface area contributed by atoms with Gasteiger partial charge in [0.15, 0.2) is 11.5 Å². The van der Waals surface area contributed by atoms with Gasteiger partial charge in [-0.3, -0.25) is 9.69 Å². The highest BCUT2D eigenvalue weighted by Gasteiger charge is 2.66. The van der Waals surface area contributed by atoms with Crippen LogP contribution < -0.4 is 9.64 Å². The van der Waals surface area contributed by atoms with Crippen LogP contribution in [0.25, 0.3) is 0 Å². The molecule has 1 aromatic rings. The standard InChI is InChI=1S/C22H24N2O4/c1-28-18-9-16-14(8-17(18)26)20-21-13(2-3-19(27)24(16)21)15-10-22(20)5-6-23(22)11-12(15)4-7-25/h2,4,8-9,15,20-21,25-26H,3,5-7,10-11H2,1H3. The van der Waals surface area contributed by atoms with Crippen molar-refractivity contribution in [1.82, 2.24) is 4.90 Å². The number of benzene rings is 1. The summed E-state index contributed by atoms with van der Waals surface area (Å²) in [6.07, 6.45) is 6.64. The summed E-state index contributed by atoms with van der Waals surface area (Å²) >= 11 is 0. The minimum absolute atomic E-state index is 0.00620. The molecule has 5 aliphatic rings. The number of ether oxygens (including phenoxy) is 1. The Morgan fingerprint density at radius 1 is 1.39 bits per heavy atom. The summed E-state index contributed by atoms with van der Waals surface area (Å²) in [6.45, 7) is 1.99. The van der Waals surface area contributed by atoms with E-state index in [9.17, 15) is 15.0 Å². The fourth-order valence-electron chi connectivity index (χ4n) is 6.63. The second-order valence-electron chi connectivity index (χ2n) is 8.67. The Kier molecular flexibility index (Phi) is 3.20. The first-order valence-corrected chi connectivity index (χ1v) is 10.1. The average Bonchev–Trinajstić information content (AvgIpc) is 3.01. The number of piperidine rings is 1. The molecule has 2 N–H and O–H groups in total. The highest BCUT2D eigenvalue weighted by atomic mass is 16.5. The van der Waals surface area contributed by atoms with E-state index in [0.29, 0.717) is 18.1 Å². The van der Waals surface area contributed by atoms with Crippen molar-refractivity contribution >= 4 is 11.6 Å². The van der Waals surface area contributed by atoms with Crippen LogP contribution in [0, 0.1) is 5.92 Å².